The smallest absolute Gasteiger partial charge is 0.173 e. The molecular weight excluding hydrogens is 307 g/mol. The van der Waals surface area contributed by atoms with Gasteiger partial charge in [0.2, 0.25) is 0 Å². The third-order valence-electron chi connectivity index (χ3n) is 4.05. The number of methoxy groups -OCH3 is 2. The van der Waals surface area contributed by atoms with E-state index in [1.165, 1.54) is 20.3 Å². The summed E-state index contributed by atoms with van der Waals surface area (Å²) in [5.74, 6) is 0.213. The van der Waals surface area contributed by atoms with Crippen molar-refractivity contribution in [2.24, 2.45) is 0 Å². The van der Waals surface area contributed by atoms with E-state index in [1.807, 2.05) is 6.92 Å². The van der Waals surface area contributed by atoms with Crippen LogP contribution in [0.4, 0.5) is 10.1 Å². The van der Waals surface area contributed by atoms with E-state index in [0.29, 0.717) is 45.8 Å². The van der Waals surface area contributed by atoms with Gasteiger partial charge in [-0.2, -0.15) is 0 Å². The lowest BCUT2D eigenvalue weighted by atomic mass is 9.95. The van der Waals surface area contributed by atoms with Gasteiger partial charge in [0, 0.05) is 34.2 Å². The summed E-state index contributed by atoms with van der Waals surface area (Å²) in [5.41, 5.74) is 9.45. The molecule has 0 unspecified atom stereocenters. The largest absolute Gasteiger partial charge is 0.496 e. The van der Waals surface area contributed by atoms with Crippen LogP contribution in [0.15, 0.2) is 24.3 Å². The second-order valence-electron chi connectivity index (χ2n) is 5.63. The molecule has 0 aliphatic rings. The van der Waals surface area contributed by atoms with Crippen molar-refractivity contribution in [3.8, 4) is 22.6 Å². The average Bonchev–Trinajstić information content (AvgIpc) is 2.55. The molecule has 128 valence electrons. The van der Waals surface area contributed by atoms with Crippen LogP contribution in [0.5, 0.6) is 11.5 Å². The number of hydrogen-bond donors (Lipinski definition) is 2. The average molecular weight is 330 g/mol. The molecule has 0 amide bonds. The fraction of sp³-hybridized carbons (Fsp3) is 0.316. The van der Waals surface area contributed by atoms with Crippen LogP contribution < -0.4 is 15.2 Å². The zero-order valence-electron chi connectivity index (χ0n) is 14.5. The molecule has 0 aliphatic carbocycles. The molecule has 3 N–H and O–H groups in total. The van der Waals surface area contributed by atoms with Crippen molar-refractivity contribution < 1.29 is 13.9 Å². The lowest BCUT2D eigenvalue weighted by Crippen LogP contribution is -2.04. The molecule has 24 heavy (non-hydrogen) atoms. The summed E-state index contributed by atoms with van der Waals surface area (Å²) >= 11 is 0. The standard InChI is InChI=1S/C19H23FN2O2/c1-5-6-14(21)13-8-7-12(9-15(13)22)18-11(2)16(23-3)10-17(24-4)19(18)20/h7-10,21H,5-6,22H2,1-4H3. The topological polar surface area (TPSA) is 68.3 Å². The summed E-state index contributed by atoms with van der Waals surface area (Å²) in [6.45, 7) is 3.81. The Bertz CT molecular complexity index is 744. The van der Waals surface area contributed by atoms with Crippen LogP contribution in [0.1, 0.15) is 30.9 Å². The summed E-state index contributed by atoms with van der Waals surface area (Å²) in [4.78, 5) is 0. The van der Waals surface area contributed by atoms with Crippen molar-refractivity contribution in [2.45, 2.75) is 26.7 Å². The maximum absolute atomic E-state index is 14.8. The van der Waals surface area contributed by atoms with Crippen LogP contribution in [-0.2, 0) is 0 Å². The first kappa shape index (κ1) is 17.8. The first-order valence-electron chi connectivity index (χ1n) is 7.83. The second-order valence-corrected chi connectivity index (χ2v) is 5.63. The lowest BCUT2D eigenvalue weighted by molar-refractivity contribution is 0.373. The molecule has 4 nitrogen and oxygen atoms in total. The zero-order chi connectivity index (χ0) is 17.9. The number of nitrogens with two attached hydrogens (primary N) is 1. The molecule has 2 rings (SSSR count). The van der Waals surface area contributed by atoms with Gasteiger partial charge in [0.05, 0.1) is 14.2 Å². The minimum absolute atomic E-state index is 0.119. The minimum Gasteiger partial charge on any atom is -0.496 e. The third kappa shape index (κ3) is 3.20. The normalized spacial score (nSPS) is 10.5. The van der Waals surface area contributed by atoms with E-state index in [9.17, 15) is 4.39 Å². The predicted molar refractivity (Wildman–Crippen MR) is 95.8 cm³/mol. The van der Waals surface area contributed by atoms with E-state index in [4.69, 9.17) is 20.6 Å². The van der Waals surface area contributed by atoms with E-state index in [1.54, 1.807) is 25.1 Å². The zero-order valence-corrected chi connectivity index (χ0v) is 14.5. The molecule has 0 fully saturated rings. The van der Waals surface area contributed by atoms with Crippen LogP contribution in [0, 0.1) is 18.2 Å². The number of halogens is 1. The highest BCUT2D eigenvalue weighted by atomic mass is 19.1. The highest BCUT2D eigenvalue weighted by molar-refractivity contribution is 6.03. The van der Waals surface area contributed by atoms with E-state index < -0.39 is 5.82 Å². The maximum Gasteiger partial charge on any atom is 0.173 e. The van der Waals surface area contributed by atoms with Crippen LogP contribution in [0.3, 0.4) is 0 Å². The van der Waals surface area contributed by atoms with Gasteiger partial charge in [-0.3, -0.25) is 0 Å². The Labute approximate surface area is 141 Å². The van der Waals surface area contributed by atoms with Gasteiger partial charge in [0.1, 0.15) is 5.75 Å². The van der Waals surface area contributed by atoms with Gasteiger partial charge in [-0.15, -0.1) is 0 Å². The van der Waals surface area contributed by atoms with Crippen molar-refractivity contribution in [2.75, 3.05) is 20.0 Å². The fourth-order valence-corrected chi connectivity index (χ4v) is 2.78. The summed E-state index contributed by atoms with van der Waals surface area (Å²) in [7, 11) is 2.95. The van der Waals surface area contributed by atoms with Gasteiger partial charge in [-0.1, -0.05) is 25.5 Å². The Balaban J connectivity index is 2.60. The van der Waals surface area contributed by atoms with Gasteiger partial charge in [0.15, 0.2) is 11.6 Å². The van der Waals surface area contributed by atoms with Crippen LogP contribution in [0.25, 0.3) is 11.1 Å². The van der Waals surface area contributed by atoms with E-state index in [-0.39, 0.29) is 5.75 Å². The van der Waals surface area contributed by atoms with Gasteiger partial charge in [-0.25, -0.2) is 4.39 Å². The van der Waals surface area contributed by atoms with Crippen LogP contribution >= 0.6 is 0 Å². The molecule has 0 aliphatic heterocycles. The molecule has 0 saturated carbocycles. The summed E-state index contributed by atoms with van der Waals surface area (Å²) in [5, 5.41) is 8.06. The molecule has 5 heteroatoms. The summed E-state index contributed by atoms with van der Waals surface area (Å²) < 4.78 is 25.2. The van der Waals surface area contributed by atoms with Crippen LogP contribution in [-0.4, -0.2) is 19.9 Å². The van der Waals surface area contributed by atoms with Gasteiger partial charge < -0.3 is 20.6 Å². The highest BCUT2D eigenvalue weighted by Gasteiger charge is 2.19. The van der Waals surface area contributed by atoms with Crippen molar-refractivity contribution in [1.82, 2.24) is 0 Å². The maximum atomic E-state index is 14.8. The third-order valence-corrected chi connectivity index (χ3v) is 4.05. The minimum atomic E-state index is -0.452. The molecule has 0 radical (unpaired) electrons. The van der Waals surface area contributed by atoms with Crippen molar-refractivity contribution in [1.29, 1.82) is 5.41 Å². The number of hydrogen-bond acceptors (Lipinski definition) is 4. The molecule has 0 saturated heterocycles. The fourth-order valence-electron chi connectivity index (χ4n) is 2.78. The molecule has 2 aromatic rings. The summed E-state index contributed by atoms with van der Waals surface area (Å²) in [6.07, 6.45) is 1.53. The lowest BCUT2D eigenvalue weighted by Gasteiger charge is -2.16. The van der Waals surface area contributed by atoms with Gasteiger partial charge >= 0.3 is 0 Å². The molecular formula is C19H23FN2O2. The van der Waals surface area contributed by atoms with E-state index in [0.717, 1.165) is 6.42 Å². The molecule has 0 aromatic heterocycles. The quantitative estimate of drug-likeness (QED) is 0.602. The Morgan fingerprint density at radius 1 is 1.17 bits per heavy atom. The SMILES string of the molecule is CCCC(=N)c1ccc(-c2c(C)c(OC)cc(OC)c2F)cc1N. The molecule has 0 bridgehead atoms. The molecule has 0 heterocycles. The Kier molecular flexibility index (Phi) is 5.44. The number of ether oxygens (including phenoxy) is 2. The molecule has 0 spiro atoms. The number of benzene rings is 2. The summed E-state index contributed by atoms with van der Waals surface area (Å²) in [6, 6.07) is 6.78. The highest BCUT2D eigenvalue weighted by Crippen LogP contribution is 2.39. The van der Waals surface area contributed by atoms with Crippen molar-refractivity contribution >= 4 is 11.4 Å². The van der Waals surface area contributed by atoms with Crippen molar-refractivity contribution in [3.05, 3.63) is 41.2 Å². The predicted octanol–water partition coefficient (Wildman–Crippen LogP) is 4.57. The van der Waals surface area contributed by atoms with Crippen LogP contribution in [0.2, 0.25) is 0 Å². The number of rotatable bonds is 6. The Morgan fingerprint density at radius 3 is 2.38 bits per heavy atom. The molecule has 0 atom stereocenters. The first-order chi connectivity index (χ1) is 11.4. The molecule has 2 aromatic carbocycles. The number of anilines is 1. The van der Waals surface area contributed by atoms with Gasteiger partial charge in [0.25, 0.3) is 0 Å². The Morgan fingerprint density at radius 2 is 1.83 bits per heavy atom. The Hall–Kier alpha value is -2.56. The van der Waals surface area contributed by atoms with E-state index in [2.05, 4.69) is 0 Å². The number of nitrogen functional groups attached to an aromatic ring is 1. The first-order valence-corrected chi connectivity index (χ1v) is 7.83. The van der Waals surface area contributed by atoms with Gasteiger partial charge in [-0.05, 0) is 25.0 Å². The van der Waals surface area contributed by atoms with Crippen molar-refractivity contribution in [3.63, 3.8) is 0 Å². The van der Waals surface area contributed by atoms with E-state index >= 15 is 0 Å². The second kappa shape index (κ2) is 7.34. The number of nitrogens with one attached hydrogen (secondary N) is 1. The monoisotopic (exact) mass is 330 g/mol.